The molecule has 0 aliphatic carbocycles. The minimum Gasteiger partial charge on any atom is -0.504 e. The molecule has 0 unspecified atom stereocenters. The molecule has 1 aromatic carbocycles. The second kappa shape index (κ2) is 8.28. The standard InChI is InChI=1S/C18H17N3O5S2/c1-21(28(24,25)17-5-3-11-27-17)13-6-8-14(9-7-13)26-12-16(23)20-18-15(22)4-2-10-19-18/h2-11,22H,12H2,1H3,(H,19,20,23). The first-order valence-corrected chi connectivity index (χ1v) is 10.4. The summed E-state index contributed by atoms with van der Waals surface area (Å²) in [7, 11) is -2.14. The summed E-state index contributed by atoms with van der Waals surface area (Å²) in [5, 5.41) is 13.7. The molecule has 0 saturated heterocycles. The number of ether oxygens (including phenoxy) is 1. The van der Waals surface area contributed by atoms with Crippen molar-refractivity contribution in [1.82, 2.24) is 4.98 Å². The van der Waals surface area contributed by atoms with Gasteiger partial charge in [0.1, 0.15) is 9.96 Å². The highest BCUT2D eigenvalue weighted by Crippen LogP contribution is 2.26. The van der Waals surface area contributed by atoms with Crippen molar-refractivity contribution in [2.75, 3.05) is 23.3 Å². The molecule has 0 fully saturated rings. The number of benzene rings is 1. The largest absolute Gasteiger partial charge is 0.504 e. The van der Waals surface area contributed by atoms with Crippen LogP contribution in [0.25, 0.3) is 0 Å². The Morgan fingerprint density at radius 3 is 2.61 bits per heavy atom. The van der Waals surface area contributed by atoms with Crippen LogP contribution in [0.3, 0.4) is 0 Å². The lowest BCUT2D eigenvalue weighted by Crippen LogP contribution is -2.25. The number of aromatic nitrogens is 1. The number of carbonyl (C=O) groups excluding carboxylic acids is 1. The summed E-state index contributed by atoms with van der Waals surface area (Å²) in [6, 6.07) is 12.5. The maximum absolute atomic E-state index is 12.5. The second-order valence-electron chi connectivity index (χ2n) is 5.61. The van der Waals surface area contributed by atoms with Gasteiger partial charge in [-0.2, -0.15) is 0 Å². The predicted molar refractivity (Wildman–Crippen MR) is 106 cm³/mol. The van der Waals surface area contributed by atoms with Gasteiger partial charge in [0.05, 0.1) is 5.69 Å². The van der Waals surface area contributed by atoms with Gasteiger partial charge >= 0.3 is 0 Å². The van der Waals surface area contributed by atoms with Crippen LogP contribution in [-0.2, 0) is 14.8 Å². The van der Waals surface area contributed by atoms with Crippen LogP contribution in [0, 0.1) is 0 Å². The normalized spacial score (nSPS) is 11.0. The quantitative estimate of drug-likeness (QED) is 0.609. The van der Waals surface area contributed by atoms with Gasteiger partial charge in [-0.25, -0.2) is 13.4 Å². The van der Waals surface area contributed by atoms with Crippen LogP contribution in [-0.4, -0.2) is 38.1 Å². The van der Waals surface area contributed by atoms with E-state index in [0.29, 0.717) is 11.4 Å². The van der Waals surface area contributed by atoms with Crippen molar-refractivity contribution in [2.24, 2.45) is 0 Å². The number of nitrogens with one attached hydrogen (secondary N) is 1. The van der Waals surface area contributed by atoms with Crippen LogP contribution in [0.4, 0.5) is 11.5 Å². The highest BCUT2D eigenvalue weighted by Gasteiger charge is 2.22. The van der Waals surface area contributed by atoms with Gasteiger partial charge in [-0.15, -0.1) is 11.3 Å². The highest BCUT2D eigenvalue weighted by atomic mass is 32.2. The van der Waals surface area contributed by atoms with Gasteiger partial charge < -0.3 is 15.2 Å². The number of sulfonamides is 1. The summed E-state index contributed by atoms with van der Waals surface area (Å²) in [5.74, 6) is -0.191. The molecule has 0 aliphatic heterocycles. The van der Waals surface area contributed by atoms with E-state index in [9.17, 15) is 18.3 Å². The molecular weight excluding hydrogens is 402 g/mol. The summed E-state index contributed by atoms with van der Waals surface area (Å²) >= 11 is 1.15. The van der Waals surface area contributed by atoms with Crippen molar-refractivity contribution >= 4 is 38.8 Å². The Morgan fingerprint density at radius 1 is 1.21 bits per heavy atom. The van der Waals surface area contributed by atoms with Gasteiger partial charge in [0.25, 0.3) is 15.9 Å². The summed E-state index contributed by atoms with van der Waals surface area (Å²) in [6.07, 6.45) is 1.44. The van der Waals surface area contributed by atoms with Crippen LogP contribution in [0.1, 0.15) is 0 Å². The molecule has 0 atom stereocenters. The van der Waals surface area contributed by atoms with Gasteiger partial charge in [0, 0.05) is 13.2 Å². The number of hydrogen-bond acceptors (Lipinski definition) is 7. The number of aromatic hydroxyl groups is 1. The topological polar surface area (TPSA) is 109 Å². The average molecular weight is 419 g/mol. The lowest BCUT2D eigenvalue weighted by Gasteiger charge is -2.18. The first-order chi connectivity index (χ1) is 13.4. The number of anilines is 2. The summed E-state index contributed by atoms with van der Waals surface area (Å²) < 4.78 is 31.9. The van der Waals surface area contributed by atoms with Gasteiger partial charge in [-0.05, 0) is 47.8 Å². The minimum atomic E-state index is -3.61. The fourth-order valence-corrected chi connectivity index (χ4v) is 4.60. The molecule has 1 amide bonds. The third-order valence-electron chi connectivity index (χ3n) is 3.72. The van der Waals surface area contributed by atoms with Crippen molar-refractivity contribution in [1.29, 1.82) is 0 Å². The average Bonchev–Trinajstić information content (AvgIpc) is 3.24. The summed E-state index contributed by atoms with van der Waals surface area (Å²) in [6.45, 7) is -0.293. The molecule has 3 rings (SSSR count). The number of hydrogen-bond donors (Lipinski definition) is 2. The van der Waals surface area contributed by atoms with Crippen LogP contribution in [0.2, 0.25) is 0 Å². The number of rotatable bonds is 7. The zero-order valence-corrected chi connectivity index (χ0v) is 16.4. The summed E-state index contributed by atoms with van der Waals surface area (Å²) in [4.78, 5) is 15.8. The number of nitrogens with zero attached hydrogens (tertiary/aromatic N) is 2. The summed E-state index contributed by atoms with van der Waals surface area (Å²) in [5.41, 5.74) is 0.462. The lowest BCUT2D eigenvalue weighted by molar-refractivity contribution is -0.118. The van der Waals surface area contributed by atoms with Crippen molar-refractivity contribution < 1.29 is 23.1 Å². The molecule has 3 aromatic rings. The van der Waals surface area contributed by atoms with Gasteiger partial charge in [-0.1, -0.05) is 6.07 Å². The van der Waals surface area contributed by atoms with Crippen LogP contribution in [0.5, 0.6) is 11.5 Å². The van der Waals surface area contributed by atoms with E-state index in [4.69, 9.17) is 4.74 Å². The number of thiophene rings is 1. The zero-order valence-electron chi connectivity index (χ0n) is 14.8. The maximum atomic E-state index is 12.5. The molecule has 2 heterocycles. The maximum Gasteiger partial charge on any atom is 0.273 e. The number of carbonyl (C=O) groups is 1. The molecule has 0 spiro atoms. The SMILES string of the molecule is CN(c1ccc(OCC(=O)Nc2ncccc2O)cc1)S(=O)(=O)c1cccs1. The second-order valence-corrected chi connectivity index (χ2v) is 8.75. The minimum absolute atomic E-state index is 0.0480. The van der Waals surface area contributed by atoms with E-state index >= 15 is 0 Å². The van der Waals surface area contributed by atoms with Crippen LogP contribution < -0.4 is 14.4 Å². The highest BCUT2D eigenvalue weighted by molar-refractivity contribution is 7.94. The molecule has 28 heavy (non-hydrogen) atoms. The third-order valence-corrected chi connectivity index (χ3v) is 6.88. The van der Waals surface area contributed by atoms with Crippen molar-refractivity contribution in [3.05, 3.63) is 60.1 Å². The smallest absolute Gasteiger partial charge is 0.273 e. The molecule has 0 bridgehead atoms. The van der Waals surface area contributed by atoms with Gasteiger partial charge in [-0.3, -0.25) is 9.10 Å². The Balaban J connectivity index is 1.60. The van der Waals surface area contributed by atoms with E-state index in [1.165, 1.54) is 23.6 Å². The fourth-order valence-electron chi connectivity index (χ4n) is 2.25. The predicted octanol–water partition coefficient (Wildman–Crippen LogP) is 2.69. The van der Waals surface area contributed by atoms with E-state index in [1.54, 1.807) is 47.8 Å². The van der Waals surface area contributed by atoms with Crippen LogP contribution >= 0.6 is 11.3 Å². The molecule has 0 radical (unpaired) electrons. The van der Waals surface area contributed by atoms with E-state index < -0.39 is 15.9 Å². The first-order valence-electron chi connectivity index (χ1n) is 8.07. The Morgan fingerprint density at radius 2 is 1.96 bits per heavy atom. The third kappa shape index (κ3) is 4.41. The fraction of sp³-hybridized carbons (Fsp3) is 0.111. The Kier molecular flexibility index (Phi) is 5.81. The van der Waals surface area contributed by atoms with E-state index in [-0.39, 0.29) is 22.4 Å². The monoisotopic (exact) mass is 419 g/mol. The van der Waals surface area contributed by atoms with E-state index in [1.807, 2.05) is 0 Å². The van der Waals surface area contributed by atoms with Gasteiger partial charge in [0.15, 0.2) is 18.2 Å². The molecule has 146 valence electrons. The Bertz CT molecular complexity index is 1050. The first kappa shape index (κ1) is 19.6. The molecule has 2 N–H and O–H groups in total. The van der Waals surface area contributed by atoms with Crippen molar-refractivity contribution in [2.45, 2.75) is 4.21 Å². The lowest BCUT2D eigenvalue weighted by atomic mass is 10.3. The molecule has 8 nitrogen and oxygen atoms in total. The molecule has 2 aromatic heterocycles. The van der Waals surface area contributed by atoms with Crippen molar-refractivity contribution in [3.63, 3.8) is 0 Å². The Hall–Kier alpha value is -3.11. The van der Waals surface area contributed by atoms with E-state index in [0.717, 1.165) is 11.3 Å². The van der Waals surface area contributed by atoms with Gasteiger partial charge in [0.2, 0.25) is 0 Å². The van der Waals surface area contributed by atoms with Crippen molar-refractivity contribution in [3.8, 4) is 11.5 Å². The molecule has 10 heteroatoms. The number of amides is 1. The van der Waals surface area contributed by atoms with Crippen LogP contribution in [0.15, 0.2) is 64.3 Å². The molecule has 0 saturated carbocycles. The zero-order chi connectivity index (χ0) is 20.1. The molecular formula is C18H17N3O5S2. The molecule has 0 aliphatic rings. The number of pyridine rings is 1. The Labute approximate surface area is 166 Å². The van der Waals surface area contributed by atoms with E-state index in [2.05, 4.69) is 10.3 Å².